The standard InChI is InChI=1S/C21H21NO5S/c1-13(21-22-15-7-5-6-8-18(15)28-21)27-19(23)10-9-14-11-16(24-2)20(26-4)17(12-14)25-3/h5-13H,1-4H3/b10-9+/t13-/m1/s1. The number of carbonyl (C=O) groups excluding carboxylic acids is 1. The van der Waals surface area contributed by atoms with Crippen molar-refractivity contribution < 1.29 is 23.7 Å². The second-order valence-electron chi connectivity index (χ2n) is 5.89. The van der Waals surface area contributed by atoms with Crippen LogP contribution in [0.25, 0.3) is 16.3 Å². The Labute approximate surface area is 167 Å². The largest absolute Gasteiger partial charge is 0.493 e. The molecular weight excluding hydrogens is 378 g/mol. The molecule has 28 heavy (non-hydrogen) atoms. The molecule has 3 aromatic rings. The van der Waals surface area contributed by atoms with Gasteiger partial charge in [-0.2, -0.15) is 0 Å². The lowest BCUT2D eigenvalue weighted by Crippen LogP contribution is -2.05. The highest BCUT2D eigenvalue weighted by atomic mass is 32.1. The third kappa shape index (κ3) is 4.26. The van der Waals surface area contributed by atoms with Gasteiger partial charge in [0.25, 0.3) is 0 Å². The van der Waals surface area contributed by atoms with Gasteiger partial charge in [0.15, 0.2) is 17.6 Å². The first-order valence-electron chi connectivity index (χ1n) is 8.60. The average molecular weight is 399 g/mol. The average Bonchev–Trinajstić information content (AvgIpc) is 3.15. The first kappa shape index (κ1) is 19.7. The van der Waals surface area contributed by atoms with Crippen molar-refractivity contribution in [2.45, 2.75) is 13.0 Å². The fourth-order valence-corrected chi connectivity index (χ4v) is 3.64. The van der Waals surface area contributed by atoms with Crippen LogP contribution in [0.5, 0.6) is 17.2 Å². The maximum atomic E-state index is 12.2. The SMILES string of the molecule is COc1cc(/C=C/C(=O)O[C@H](C)c2nc3ccccc3s2)cc(OC)c1OC. The van der Waals surface area contributed by atoms with Crippen LogP contribution in [0.3, 0.4) is 0 Å². The van der Waals surface area contributed by atoms with E-state index in [1.165, 1.54) is 24.5 Å². The van der Waals surface area contributed by atoms with Crippen molar-refractivity contribution in [1.82, 2.24) is 4.98 Å². The van der Waals surface area contributed by atoms with E-state index in [2.05, 4.69) is 4.98 Å². The summed E-state index contributed by atoms with van der Waals surface area (Å²) in [5.41, 5.74) is 1.62. The van der Waals surface area contributed by atoms with E-state index >= 15 is 0 Å². The Hall–Kier alpha value is -3.06. The molecule has 3 rings (SSSR count). The number of nitrogens with zero attached hydrogens (tertiary/aromatic N) is 1. The van der Waals surface area contributed by atoms with Gasteiger partial charge in [-0.3, -0.25) is 0 Å². The molecule has 0 unspecified atom stereocenters. The fraction of sp³-hybridized carbons (Fsp3) is 0.238. The van der Waals surface area contributed by atoms with E-state index < -0.39 is 12.1 Å². The van der Waals surface area contributed by atoms with Crippen molar-refractivity contribution in [1.29, 1.82) is 0 Å². The quantitative estimate of drug-likeness (QED) is 0.426. The molecule has 0 fully saturated rings. The summed E-state index contributed by atoms with van der Waals surface area (Å²) in [5, 5.41) is 0.760. The predicted molar refractivity (Wildman–Crippen MR) is 109 cm³/mol. The van der Waals surface area contributed by atoms with E-state index in [1.807, 2.05) is 31.2 Å². The molecule has 0 amide bonds. The van der Waals surface area contributed by atoms with Crippen molar-refractivity contribution in [3.05, 3.63) is 53.0 Å². The molecular formula is C21H21NO5S. The van der Waals surface area contributed by atoms with E-state index in [0.29, 0.717) is 17.2 Å². The number of hydrogen-bond donors (Lipinski definition) is 0. The van der Waals surface area contributed by atoms with Crippen LogP contribution >= 0.6 is 11.3 Å². The molecule has 146 valence electrons. The fourth-order valence-electron chi connectivity index (χ4n) is 2.69. The van der Waals surface area contributed by atoms with E-state index in [-0.39, 0.29) is 0 Å². The maximum Gasteiger partial charge on any atom is 0.331 e. The van der Waals surface area contributed by atoms with Gasteiger partial charge in [-0.1, -0.05) is 12.1 Å². The van der Waals surface area contributed by atoms with Crippen LogP contribution in [0.2, 0.25) is 0 Å². The Morgan fingerprint density at radius 2 is 1.75 bits per heavy atom. The van der Waals surface area contributed by atoms with Crippen LogP contribution in [0.1, 0.15) is 23.6 Å². The first-order chi connectivity index (χ1) is 13.5. The number of hydrogen-bond acceptors (Lipinski definition) is 7. The zero-order chi connectivity index (χ0) is 20.1. The number of fused-ring (bicyclic) bond motifs is 1. The Kier molecular flexibility index (Phi) is 6.16. The van der Waals surface area contributed by atoms with Crippen molar-refractivity contribution in [2.24, 2.45) is 0 Å². The molecule has 6 nitrogen and oxygen atoms in total. The lowest BCUT2D eigenvalue weighted by Gasteiger charge is -2.13. The molecule has 1 aromatic heterocycles. The Morgan fingerprint density at radius 1 is 1.07 bits per heavy atom. The lowest BCUT2D eigenvalue weighted by atomic mass is 10.1. The lowest BCUT2D eigenvalue weighted by molar-refractivity contribution is -0.142. The minimum atomic E-state index is -0.458. The van der Waals surface area contributed by atoms with Crippen LogP contribution in [-0.4, -0.2) is 32.3 Å². The molecule has 7 heteroatoms. The minimum absolute atomic E-state index is 0.436. The summed E-state index contributed by atoms with van der Waals surface area (Å²) in [6, 6.07) is 11.3. The number of ether oxygens (including phenoxy) is 4. The molecule has 0 spiro atoms. The number of esters is 1. The van der Waals surface area contributed by atoms with Crippen LogP contribution in [-0.2, 0) is 9.53 Å². The van der Waals surface area contributed by atoms with E-state index in [1.54, 1.807) is 32.4 Å². The van der Waals surface area contributed by atoms with E-state index in [4.69, 9.17) is 18.9 Å². The van der Waals surface area contributed by atoms with Crippen molar-refractivity contribution >= 4 is 33.6 Å². The number of para-hydroxylation sites is 1. The molecule has 0 bridgehead atoms. The maximum absolute atomic E-state index is 12.2. The van der Waals surface area contributed by atoms with Crippen molar-refractivity contribution in [3.8, 4) is 17.2 Å². The minimum Gasteiger partial charge on any atom is -0.493 e. The third-order valence-corrected chi connectivity index (χ3v) is 5.25. The summed E-state index contributed by atoms with van der Waals surface area (Å²) in [5.74, 6) is 1.06. The molecule has 0 N–H and O–H groups in total. The van der Waals surface area contributed by atoms with Crippen LogP contribution < -0.4 is 14.2 Å². The zero-order valence-corrected chi connectivity index (χ0v) is 16.9. The highest BCUT2D eigenvalue weighted by molar-refractivity contribution is 7.18. The van der Waals surface area contributed by atoms with Gasteiger partial charge < -0.3 is 18.9 Å². The zero-order valence-electron chi connectivity index (χ0n) is 16.1. The highest BCUT2D eigenvalue weighted by Gasteiger charge is 2.15. The topological polar surface area (TPSA) is 66.9 Å². The summed E-state index contributed by atoms with van der Waals surface area (Å²) in [4.78, 5) is 16.7. The van der Waals surface area contributed by atoms with Gasteiger partial charge in [-0.05, 0) is 42.8 Å². The second kappa shape index (κ2) is 8.75. The number of methoxy groups -OCH3 is 3. The van der Waals surface area contributed by atoms with Crippen molar-refractivity contribution in [2.75, 3.05) is 21.3 Å². The predicted octanol–water partition coefficient (Wildman–Crippen LogP) is 4.64. The summed E-state index contributed by atoms with van der Waals surface area (Å²) in [6.07, 6.45) is 2.57. The Bertz CT molecular complexity index is 953. The summed E-state index contributed by atoms with van der Waals surface area (Å²) < 4.78 is 22.5. The first-order valence-corrected chi connectivity index (χ1v) is 9.41. The molecule has 1 heterocycles. The van der Waals surface area contributed by atoms with Gasteiger partial charge in [0.05, 0.1) is 31.5 Å². The molecule has 2 aromatic carbocycles. The Balaban J connectivity index is 1.72. The monoisotopic (exact) mass is 399 g/mol. The highest BCUT2D eigenvalue weighted by Crippen LogP contribution is 2.38. The van der Waals surface area contributed by atoms with E-state index in [0.717, 1.165) is 20.8 Å². The van der Waals surface area contributed by atoms with Gasteiger partial charge in [0.1, 0.15) is 5.01 Å². The number of thiazole rings is 1. The Morgan fingerprint density at radius 3 is 2.36 bits per heavy atom. The molecule has 0 saturated heterocycles. The number of aromatic nitrogens is 1. The molecule has 0 aliphatic carbocycles. The number of benzene rings is 2. The number of carbonyl (C=O) groups is 1. The number of rotatable bonds is 7. The molecule has 1 atom stereocenters. The summed E-state index contributed by atoms with van der Waals surface area (Å²) >= 11 is 1.52. The van der Waals surface area contributed by atoms with Crippen LogP contribution in [0.4, 0.5) is 0 Å². The molecule has 0 saturated carbocycles. The smallest absolute Gasteiger partial charge is 0.331 e. The summed E-state index contributed by atoms with van der Waals surface area (Å²) in [6.45, 7) is 1.81. The van der Waals surface area contributed by atoms with Gasteiger partial charge in [-0.15, -0.1) is 11.3 Å². The normalized spacial score (nSPS) is 12.1. The van der Waals surface area contributed by atoms with E-state index in [9.17, 15) is 4.79 Å². The van der Waals surface area contributed by atoms with Crippen LogP contribution in [0.15, 0.2) is 42.5 Å². The molecule has 0 aliphatic heterocycles. The van der Waals surface area contributed by atoms with Gasteiger partial charge >= 0.3 is 5.97 Å². The van der Waals surface area contributed by atoms with Gasteiger partial charge in [0, 0.05) is 6.08 Å². The summed E-state index contributed by atoms with van der Waals surface area (Å²) in [7, 11) is 4.62. The third-order valence-electron chi connectivity index (χ3n) is 4.05. The van der Waals surface area contributed by atoms with Crippen molar-refractivity contribution in [3.63, 3.8) is 0 Å². The van der Waals surface area contributed by atoms with Crippen LogP contribution in [0, 0.1) is 0 Å². The van der Waals surface area contributed by atoms with Gasteiger partial charge in [0.2, 0.25) is 5.75 Å². The molecule has 0 radical (unpaired) electrons. The second-order valence-corrected chi connectivity index (χ2v) is 6.95. The molecule has 0 aliphatic rings. The van der Waals surface area contributed by atoms with Gasteiger partial charge in [-0.25, -0.2) is 9.78 Å².